The van der Waals surface area contributed by atoms with Crippen molar-refractivity contribution in [1.82, 2.24) is 15.5 Å². The maximum Gasteiger partial charge on any atom is 0.262 e. The highest BCUT2D eigenvalue weighted by molar-refractivity contribution is 7.12. The van der Waals surface area contributed by atoms with Gasteiger partial charge in [0.1, 0.15) is 6.04 Å². The van der Waals surface area contributed by atoms with E-state index in [9.17, 15) is 4.79 Å². The van der Waals surface area contributed by atoms with Crippen molar-refractivity contribution >= 4 is 17.2 Å². The predicted molar refractivity (Wildman–Crippen MR) is 98.5 cm³/mol. The van der Waals surface area contributed by atoms with E-state index in [1.165, 1.54) is 11.3 Å². The average molecular weight is 355 g/mol. The van der Waals surface area contributed by atoms with Gasteiger partial charge in [0.25, 0.3) is 5.91 Å². The summed E-state index contributed by atoms with van der Waals surface area (Å²) in [5.74, 6) is 1.04. The third-order valence-electron chi connectivity index (χ3n) is 4.23. The van der Waals surface area contributed by atoms with Crippen molar-refractivity contribution in [3.63, 3.8) is 0 Å². The van der Waals surface area contributed by atoms with Crippen molar-refractivity contribution in [3.05, 3.63) is 58.1 Å². The normalized spacial score (nSPS) is 13.4. The summed E-state index contributed by atoms with van der Waals surface area (Å²) in [6, 6.07) is 11.3. The molecular formula is C19H21N3O2S. The molecule has 0 unspecified atom stereocenters. The first-order valence-electron chi connectivity index (χ1n) is 8.33. The molecule has 2 aromatic heterocycles. The maximum atomic E-state index is 12.4. The third-order valence-corrected chi connectivity index (χ3v) is 5.10. The zero-order chi connectivity index (χ0) is 17.8. The molecule has 25 heavy (non-hydrogen) atoms. The zero-order valence-electron chi connectivity index (χ0n) is 14.5. The van der Waals surface area contributed by atoms with Crippen LogP contribution in [0.2, 0.25) is 0 Å². The molecule has 1 aromatic carbocycles. The monoisotopic (exact) mass is 355 g/mol. The fourth-order valence-corrected chi connectivity index (χ4v) is 3.19. The van der Waals surface area contributed by atoms with Crippen LogP contribution in [0.25, 0.3) is 11.4 Å². The standard InChI is InChI=1S/C19H21N3O2S/c1-4-13(3)16(20-18(23)15-9-6-10-25-15)19-21-17(22-24-19)14-8-5-7-12(2)11-14/h5-11,13,16H,4H2,1-3H3,(H,20,23)/t13-,16+/m0/s1. The summed E-state index contributed by atoms with van der Waals surface area (Å²) in [5, 5.41) is 9.02. The summed E-state index contributed by atoms with van der Waals surface area (Å²) in [5.41, 5.74) is 2.04. The van der Waals surface area contributed by atoms with Crippen LogP contribution < -0.4 is 5.32 Å². The number of aryl methyl sites for hydroxylation is 1. The molecule has 0 aliphatic heterocycles. The van der Waals surface area contributed by atoms with E-state index in [2.05, 4.69) is 29.3 Å². The van der Waals surface area contributed by atoms with Crippen molar-refractivity contribution in [2.75, 3.05) is 0 Å². The average Bonchev–Trinajstić information content (AvgIpc) is 3.30. The minimum atomic E-state index is -0.314. The number of carbonyl (C=O) groups is 1. The first kappa shape index (κ1) is 17.4. The molecule has 2 heterocycles. The van der Waals surface area contributed by atoms with Crippen LogP contribution in [0.15, 0.2) is 46.3 Å². The molecule has 0 fully saturated rings. The number of aromatic nitrogens is 2. The Kier molecular flexibility index (Phi) is 5.28. The van der Waals surface area contributed by atoms with E-state index in [1.807, 2.05) is 42.6 Å². The Labute approximate surface area is 151 Å². The van der Waals surface area contributed by atoms with Gasteiger partial charge in [0.2, 0.25) is 11.7 Å². The van der Waals surface area contributed by atoms with Crippen molar-refractivity contribution in [1.29, 1.82) is 0 Å². The number of amides is 1. The Morgan fingerprint density at radius 2 is 2.16 bits per heavy atom. The molecule has 3 aromatic rings. The van der Waals surface area contributed by atoms with Crippen LogP contribution in [0.5, 0.6) is 0 Å². The lowest BCUT2D eigenvalue weighted by molar-refractivity contribution is 0.0914. The van der Waals surface area contributed by atoms with Crippen molar-refractivity contribution in [2.45, 2.75) is 33.2 Å². The zero-order valence-corrected chi connectivity index (χ0v) is 15.3. The lowest BCUT2D eigenvalue weighted by Crippen LogP contribution is -2.32. The molecule has 0 saturated heterocycles. The van der Waals surface area contributed by atoms with Crippen LogP contribution in [-0.2, 0) is 0 Å². The van der Waals surface area contributed by atoms with Gasteiger partial charge in [-0.3, -0.25) is 4.79 Å². The first-order chi connectivity index (χ1) is 12.1. The minimum absolute atomic E-state index is 0.115. The second-order valence-corrected chi connectivity index (χ2v) is 7.09. The lowest BCUT2D eigenvalue weighted by atomic mass is 9.99. The van der Waals surface area contributed by atoms with Crippen LogP contribution in [0.1, 0.15) is 47.4 Å². The maximum absolute atomic E-state index is 12.4. The van der Waals surface area contributed by atoms with Gasteiger partial charge in [-0.2, -0.15) is 4.98 Å². The van der Waals surface area contributed by atoms with E-state index >= 15 is 0 Å². The second kappa shape index (κ2) is 7.61. The van der Waals surface area contributed by atoms with E-state index in [1.54, 1.807) is 6.07 Å². The van der Waals surface area contributed by atoms with Gasteiger partial charge in [-0.25, -0.2) is 0 Å². The van der Waals surface area contributed by atoms with Crippen LogP contribution in [0.3, 0.4) is 0 Å². The molecule has 5 nitrogen and oxygen atoms in total. The second-order valence-electron chi connectivity index (χ2n) is 6.14. The molecule has 0 aliphatic carbocycles. The summed E-state index contributed by atoms with van der Waals surface area (Å²) >= 11 is 1.41. The summed E-state index contributed by atoms with van der Waals surface area (Å²) in [4.78, 5) is 17.6. The molecule has 6 heteroatoms. The highest BCUT2D eigenvalue weighted by Gasteiger charge is 2.27. The van der Waals surface area contributed by atoms with Crippen LogP contribution in [0, 0.1) is 12.8 Å². The highest BCUT2D eigenvalue weighted by Crippen LogP contribution is 2.26. The van der Waals surface area contributed by atoms with Crippen LogP contribution in [0.4, 0.5) is 0 Å². The SMILES string of the molecule is CC[C@H](C)[C@@H](NC(=O)c1cccs1)c1nc(-c2cccc(C)c2)no1. The van der Waals surface area contributed by atoms with Gasteiger partial charge in [-0.15, -0.1) is 11.3 Å². The van der Waals surface area contributed by atoms with Crippen molar-refractivity contribution in [3.8, 4) is 11.4 Å². The van der Waals surface area contributed by atoms with Gasteiger partial charge in [-0.1, -0.05) is 55.3 Å². The van der Waals surface area contributed by atoms with Gasteiger partial charge in [-0.05, 0) is 30.4 Å². The Balaban J connectivity index is 1.85. The molecule has 3 rings (SSSR count). The largest absolute Gasteiger partial charge is 0.339 e. The van der Waals surface area contributed by atoms with E-state index in [4.69, 9.17) is 4.52 Å². The van der Waals surface area contributed by atoms with E-state index < -0.39 is 0 Å². The molecule has 1 N–H and O–H groups in total. The minimum Gasteiger partial charge on any atom is -0.339 e. The summed E-state index contributed by atoms with van der Waals surface area (Å²) < 4.78 is 5.49. The number of carbonyl (C=O) groups excluding carboxylic acids is 1. The topological polar surface area (TPSA) is 68.0 Å². The first-order valence-corrected chi connectivity index (χ1v) is 9.21. The van der Waals surface area contributed by atoms with Gasteiger partial charge in [0.05, 0.1) is 4.88 Å². The Morgan fingerprint density at radius 1 is 1.32 bits per heavy atom. The molecule has 0 bridgehead atoms. The summed E-state index contributed by atoms with van der Waals surface area (Å²) in [6.07, 6.45) is 0.886. The number of hydrogen-bond acceptors (Lipinski definition) is 5. The molecule has 0 aliphatic rings. The molecular weight excluding hydrogens is 334 g/mol. The molecule has 0 spiro atoms. The smallest absolute Gasteiger partial charge is 0.262 e. The summed E-state index contributed by atoms with van der Waals surface area (Å²) in [6.45, 7) is 6.16. The Bertz CT molecular complexity index is 842. The molecule has 0 saturated carbocycles. The summed E-state index contributed by atoms with van der Waals surface area (Å²) in [7, 11) is 0. The fraction of sp³-hybridized carbons (Fsp3) is 0.316. The highest BCUT2D eigenvalue weighted by atomic mass is 32.1. The van der Waals surface area contributed by atoms with E-state index in [0.29, 0.717) is 16.6 Å². The predicted octanol–water partition coefficient (Wildman–Crippen LogP) is 4.62. The number of rotatable bonds is 6. The van der Waals surface area contributed by atoms with Crippen LogP contribution >= 0.6 is 11.3 Å². The van der Waals surface area contributed by atoms with Crippen LogP contribution in [-0.4, -0.2) is 16.0 Å². The number of hydrogen-bond donors (Lipinski definition) is 1. The lowest BCUT2D eigenvalue weighted by Gasteiger charge is -2.20. The van der Waals surface area contributed by atoms with Gasteiger partial charge < -0.3 is 9.84 Å². The van der Waals surface area contributed by atoms with E-state index in [0.717, 1.165) is 17.5 Å². The number of nitrogens with one attached hydrogen (secondary N) is 1. The van der Waals surface area contributed by atoms with Gasteiger partial charge >= 0.3 is 0 Å². The molecule has 2 atom stereocenters. The van der Waals surface area contributed by atoms with Gasteiger partial charge in [0.15, 0.2) is 0 Å². The number of nitrogens with zero attached hydrogens (tertiary/aromatic N) is 2. The Hall–Kier alpha value is -2.47. The van der Waals surface area contributed by atoms with Crippen molar-refractivity contribution in [2.24, 2.45) is 5.92 Å². The Morgan fingerprint density at radius 3 is 2.84 bits per heavy atom. The van der Waals surface area contributed by atoms with E-state index in [-0.39, 0.29) is 17.9 Å². The van der Waals surface area contributed by atoms with Gasteiger partial charge in [0, 0.05) is 5.56 Å². The third kappa shape index (κ3) is 3.96. The molecule has 130 valence electrons. The molecule has 1 amide bonds. The quantitative estimate of drug-likeness (QED) is 0.700. The van der Waals surface area contributed by atoms with Crippen molar-refractivity contribution < 1.29 is 9.32 Å². The molecule has 0 radical (unpaired) electrons. The number of benzene rings is 1. The number of thiophene rings is 1. The fourth-order valence-electron chi connectivity index (χ4n) is 2.57.